The lowest BCUT2D eigenvalue weighted by Crippen LogP contribution is -2.31. The van der Waals surface area contributed by atoms with Crippen molar-refractivity contribution in [1.82, 2.24) is 19.9 Å². The van der Waals surface area contributed by atoms with Crippen molar-refractivity contribution in [3.05, 3.63) is 66.1 Å². The predicted molar refractivity (Wildman–Crippen MR) is 94.9 cm³/mol. The summed E-state index contributed by atoms with van der Waals surface area (Å²) >= 11 is 0. The van der Waals surface area contributed by atoms with E-state index >= 15 is 0 Å². The van der Waals surface area contributed by atoms with Crippen molar-refractivity contribution >= 4 is 5.82 Å². The molecule has 2 aromatic heterocycles. The summed E-state index contributed by atoms with van der Waals surface area (Å²) in [5, 5.41) is 9.69. The van der Waals surface area contributed by atoms with Crippen LogP contribution in [0.25, 0.3) is 11.1 Å². The van der Waals surface area contributed by atoms with Crippen molar-refractivity contribution in [2.75, 3.05) is 11.4 Å². The van der Waals surface area contributed by atoms with E-state index in [1.807, 2.05) is 18.5 Å². The van der Waals surface area contributed by atoms with Gasteiger partial charge in [-0.1, -0.05) is 18.2 Å². The first-order valence-electron chi connectivity index (χ1n) is 8.34. The summed E-state index contributed by atoms with van der Waals surface area (Å²) in [6.07, 6.45) is 7.21. The third-order valence-electron chi connectivity index (χ3n) is 4.47. The number of hydrogen-bond acceptors (Lipinski definition) is 6. The Balaban J connectivity index is 1.59. The van der Waals surface area contributed by atoms with Gasteiger partial charge in [0.15, 0.2) is 5.82 Å². The highest BCUT2D eigenvalue weighted by molar-refractivity contribution is 5.63. The molecule has 0 saturated heterocycles. The molecule has 1 N–H and O–H groups in total. The molecular formula is C19H19N5O. The fourth-order valence-electron chi connectivity index (χ4n) is 3.12. The van der Waals surface area contributed by atoms with Gasteiger partial charge in [-0.2, -0.15) is 0 Å². The topological polar surface area (TPSA) is 75.0 Å². The minimum absolute atomic E-state index is 0.461. The second kappa shape index (κ2) is 6.57. The van der Waals surface area contributed by atoms with Gasteiger partial charge in [-0.25, -0.2) is 19.9 Å². The van der Waals surface area contributed by atoms with E-state index in [1.165, 1.54) is 11.1 Å². The van der Waals surface area contributed by atoms with Crippen molar-refractivity contribution in [2.45, 2.75) is 26.0 Å². The van der Waals surface area contributed by atoms with Crippen molar-refractivity contribution in [3.8, 4) is 11.1 Å². The van der Waals surface area contributed by atoms with Crippen LogP contribution in [0.15, 0.2) is 49.2 Å². The maximum absolute atomic E-state index is 9.69. The van der Waals surface area contributed by atoms with Gasteiger partial charge < -0.3 is 10.0 Å². The monoisotopic (exact) mass is 333 g/mol. The van der Waals surface area contributed by atoms with Crippen LogP contribution >= 0.6 is 0 Å². The van der Waals surface area contributed by atoms with Crippen molar-refractivity contribution in [2.24, 2.45) is 0 Å². The average molecular weight is 333 g/mol. The largest absolute Gasteiger partial charge is 0.385 e. The molecular weight excluding hydrogens is 314 g/mol. The Morgan fingerprint density at radius 1 is 1.08 bits per heavy atom. The Hall–Kier alpha value is -2.86. The molecule has 4 rings (SSSR count). The molecule has 3 heterocycles. The molecule has 0 fully saturated rings. The maximum atomic E-state index is 9.69. The molecule has 0 saturated carbocycles. The molecule has 6 nitrogen and oxygen atoms in total. The summed E-state index contributed by atoms with van der Waals surface area (Å²) in [7, 11) is 0. The van der Waals surface area contributed by atoms with Gasteiger partial charge in [0.1, 0.15) is 18.2 Å². The van der Waals surface area contributed by atoms with Gasteiger partial charge in [0.05, 0.1) is 0 Å². The Morgan fingerprint density at radius 3 is 2.72 bits per heavy atom. The lowest BCUT2D eigenvalue weighted by Gasteiger charge is -2.30. The molecule has 0 bridgehead atoms. The SMILES string of the molecule is C[C@@H](O)c1nccc(N2CCc3cc(-c4cncnc4)ccc3C2)n1. The fraction of sp³-hybridized carbons (Fsp3) is 0.263. The van der Waals surface area contributed by atoms with Crippen molar-refractivity contribution in [3.63, 3.8) is 0 Å². The van der Waals surface area contributed by atoms with Crippen LogP contribution in [-0.4, -0.2) is 31.6 Å². The highest BCUT2D eigenvalue weighted by atomic mass is 16.3. The van der Waals surface area contributed by atoms with Crippen molar-refractivity contribution in [1.29, 1.82) is 0 Å². The van der Waals surface area contributed by atoms with Gasteiger partial charge in [-0.3, -0.25) is 0 Å². The minimum atomic E-state index is -0.660. The number of nitrogens with zero attached hydrogens (tertiary/aromatic N) is 5. The van der Waals surface area contributed by atoms with Crippen LogP contribution in [0, 0.1) is 0 Å². The van der Waals surface area contributed by atoms with Crippen molar-refractivity contribution < 1.29 is 5.11 Å². The summed E-state index contributed by atoms with van der Waals surface area (Å²) in [4.78, 5) is 19.0. The fourth-order valence-corrected chi connectivity index (χ4v) is 3.12. The molecule has 126 valence electrons. The number of benzene rings is 1. The van der Waals surface area contributed by atoms with E-state index in [2.05, 4.69) is 43.0 Å². The third-order valence-corrected chi connectivity index (χ3v) is 4.47. The maximum Gasteiger partial charge on any atom is 0.158 e. The Morgan fingerprint density at radius 2 is 1.92 bits per heavy atom. The Bertz CT molecular complexity index is 882. The first kappa shape index (κ1) is 15.7. The van der Waals surface area contributed by atoms with Gasteiger partial charge in [0.2, 0.25) is 0 Å². The zero-order valence-electron chi connectivity index (χ0n) is 14.0. The smallest absolute Gasteiger partial charge is 0.158 e. The number of hydrogen-bond donors (Lipinski definition) is 1. The normalized spacial score (nSPS) is 14.9. The first-order valence-corrected chi connectivity index (χ1v) is 8.34. The number of aliphatic hydroxyl groups excluding tert-OH is 1. The quantitative estimate of drug-likeness (QED) is 0.794. The Kier molecular flexibility index (Phi) is 4.11. The second-order valence-electron chi connectivity index (χ2n) is 6.23. The summed E-state index contributed by atoms with van der Waals surface area (Å²) in [6.45, 7) is 3.37. The molecule has 6 heteroatoms. The van der Waals surface area contributed by atoms with E-state index in [0.717, 1.165) is 36.5 Å². The van der Waals surface area contributed by atoms with Crippen LogP contribution in [0.4, 0.5) is 5.82 Å². The van der Waals surface area contributed by atoms with Crippen LogP contribution in [0.5, 0.6) is 0 Å². The van der Waals surface area contributed by atoms with Crippen LogP contribution < -0.4 is 4.90 Å². The van der Waals surface area contributed by atoms with Crippen LogP contribution in [-0.2, 0) is 13.0 Å². The number of aliphatic hydroxyl groups is 1. The highest BCUT2D eigenvalue weighted by Gasteiger charge is 2.19. The minimum Gasteiger partial charge on any atom is -0.385 e. The van der Waals surface area contributed by atoms with Crippen LogP contribution in [0.1, 0.15) is 30.0 Å². The molecule has 1 aromatic carbocycles. The molecule has 0 unspecified atom stereocenters. The van der Waals surface area contributed by atoms with E-state index in [-0.39, 0.29) is 0 Å². The number of anilines is 1. The van der Waals surface area contributed by atoms with Gasteiger partial charge >= 0.3 is 0 Å². The van der Waals surface area contributed by atoms with E-state index in [0.29, 0.717) is 5.82 Å². The van der Waals surface area contributed by atoms with Gasteiger partial charge in [0, 0.05) is 37.2 Å². The molecule has 1 aliphatic heterocycles. The van der Waals surface area contributed by atoms with E-state index < -0.39 is 6.10 Å². The van der Waals surface area contributed by atoms with Gasteiger partial charge in [0.25, 0.3) is 0 Å². The highest BCUT2D eigenvalue weighted by Crippen LogP contribution is 2.27. The summed E-state index contributed by atoms with van der Waals surface area (Å²) in [6, 6.07) is 8.40. The standard InChI is InChI=1S/C19H19N5O/c1-13(25)19-22-6-4-18(23-19)24-7-5-15-8-14(2-3-16(15)11-24)17-9-20-12-21-10-17/h2-4,6,8-10,12-13,25H,5,7,11H2,1H3/t13-/m1/s1. The zero-order valence-corrected chi connectivity index (χ0v) is 14.0. The Labute approximate surface area is 146 Å². The van der Waals surface area contributed by atoms with E-state index in [1.54, 1.807) is 19.4 Å². The summed E-state index contributed by atoms with van der Waals surface area (Å²) in [5.74, 6) is 1.32. The molecule has 0 amide bonds. The number of rotatable bonds is 3. The average Bonchev–Trinajstić information content (AvgIpc) is 2.68. The van der Waals surface area contributed by atoms with Gasteiger partial charge in [-0.05, 0) is 36.1 Å². The molecule has 0 radical (unpaired) electrons. The van der Waals surface area contributed by atoms with Crippen LogP contribution in [0.2, 0.25) is 0 Å². The first-order chi connectivity index (χ1) is 12.2. The molecule has 0 spiro atoms. The third kappa shape index (κ3) is 3.21. The number of aromatic nitrogens is 4. The predicted octanol–water partition coefficient (Wildman–Crippen LogP) is 2.55. The van der Waals surface area contributed by atoms with E-state index in [9.17, 15) is 5.11 Å². The van der Waals surface area contributed by atoms with Crippen LogP contribution in [0.3, 0.4) is 0 Å². The molecule has 1 atom stereocenters. The molecule has 25 heavy (non-hydrogen) atoms. The lowest BCUT2D eigenvalue weighted by atomic mass is 9.95. The summed E-state index contributed by atoms with van der Waals surface area (Å²) in [5.41, 5.74) is 4.82. The second-order valence-corrected chi connectivity index (χ2v) is 6.23. The molecule has 0 aliphatic carbocycles. The number of fused-ring (bicyclic) bond motifs is 1. The lowest BCUT2D eigenvalue weighted by molar-refractivity contribution is 0.189. The molecule has 1 aliphatic rings. The molecule has 3 aromatic rings. The zero-order chi connectivity index (χ0) is 17.2. The summed E-state index contributed by atoms with van der Waals surface area (Å²) < 4.78 is 0. The van der Waals surface area contributed by atoms with E-state index in [4.69, 9.17) is 0 Å². The van der Waals surface area contributed by atoms with Gasteiger partial charge in [-0.15, -0.1) is 0 Å².